The van der Waals surface area contributed by atoms with Crippen molar-refractivity contribution in [2.45, 2.75) is 46.0 Å². The molecule has 1 N–H and O–H groups in total. The summed E-state index contributed by atoms with van der Waals surface area (Å²) in [6, 6.07) is 0. The molecule has 1 aromatic rings. The van der Waals surface area contributed by atoms with Gasteiger partial charge in [-0.05, 0) is 26.2 Å². The van der Waals surface area contributed by atoms with Gasteiger partial charge < -0.3 is 14.5 Å². The lowest BCUT2D eigenvalue weighted by molar-refractivity contribution is -0.155. The Balaban J connectivity index is 1.94. The lowest BCUT2D eigenvalue weighted by atomic mass is 9.77. The van der Waals surface area contributed by atoms with Crippen molar-refractivity contribution in [3.8, 4) is 0 Å². The molecular formula is C14H21N3O4. The third-order valence-electron chi connectivity index (χ3n) is 4.18. The first-order valence-corrected chi connectivity index (χ1v) is 7.27. The number of carboxylic acids is 1. The molecule has 116 valence electrons. The molecule has 7 nitrogen and oxygen atoms in total. The first-order chi connectivity index (χ1) is 9.97. The summed E-state index contributed by atoms with van der Waals surface area (Å²) >= 11 is 0. The zero-order chi connectivity index (χ0) is 15.5. The number of carbonyl (C=O) groups excluding carboxylic acids is 1. The van der Waals surface area contributed by atoms with Crippen LogP contribution in [0.1, 0.15) is 44.3 Å². The predicted molar refractivity (Wildman–Crippen MR) is 73.5 cm³/mol. The van der Waals surface area contributed by atoms with Crippen molar-refractivity contribution in [3.63, 3.8) is 0 Å². The molecule has 1 atom stereocenters. The molecule has 1 unspecified atom stereocenters. The minimum Gasteiger partial charge on any atom is -0.481 e. The maximum absolute atomic E-state index is 12.2. The van der Waals surface area contributed by atoms with E-state index in [0.29, 0.717) is 44.1 Å². The summed E-state index contributed by atoms with van der Waals surface area (Å²) in [6.07, 6.45) is 2.55. The topological polar surface area (TPSA) is 96.5 Å². The molecule has 1 amide bonds. The molecule has 1 fully saturated rings. The van der Waals surface area contributed by atoms with Crippen molar-refractivity contribution in [2.75, 3.05) is 13.1 Å². The third-order valence-corrected chi connectivity index (χ3v) is 4.18. The van der Waals surface area contributed by atoms with Gasteiger partial charge in [-0.1, -0.05) is 12.1 Å². The van der Waals surface area contributed by atoms with Crippen LogP contribution in [0.2, 0.25) is 0 Å². The lowest BCUT2D eigenvalue weighted by Crippen LogP contribution is -2.49. The quantitative estimate of drug-likeness (QED) is 0.882. The molecule has 7 heteroatoms. The highest BCUT2D eigenvalue weighted by molar-refractivity contribution is 5.79. The highest BCUT2D eigenvalue weighted by atomic mass is 16.5. The Labute approximate surface area is 123 Å². The van der Waals surface area contributed by atoms with Gasteiger partial charge in [0.1, 0.15) is 0 Å². The van der Waals surface area contributed by atoms with E-state index in [2.05, 4.69) is 10.1 Å². The molecule has 1 aliphatic heterocycles. The summed E-state index contributed by atoms with van der Waals surface area (Å²) < 4.78 is 4.98. The van der Waals surface area contributed by atoms with E-state index in [9.17, 15) is 14.7 Å². The van der Waals surface area contributed by atoms with Crippen LogP contribution in [-0.4, -0.2) is 45.1 Å². The van der Waals surface area contributed by atoms with Crippen molar-refractivity contribution >= 4 is 11.9 Å². The SMILES string of the molecule is CCC1(C(=O)O)CCCN(C(=O)CCc2nc(C)no2)C1. The monoisotopic (exact) mass is 295 g/mol. The van der Waals surface area contributed by atoms with Crippen LogP contribution in [0.4, 0.5) is 0 Å². The van der Waals surface area contributed by atoms with Gasteiger partial charge in [0.15, 0.2) is 5.82 Å². The second kappa shape index (κ2) is 6.24. The maximum atomic E-state index is 12.2. The Hall–Kier alpha value is -1.92. The molecule has 0 aliphatic carbocycles. The van der Waals surface area contributed by atoms with E-state index in [1.165, 1.54) is 0 Å². The minimum absolute atomic E-state index is 0.0513. The highest BCUT2D eigenvalue weighted by Crippen LogP contribution is 2.33. The van der Waals surface area contributed by atoms with Gasteiger partial charge in [-0.25, -0.2) is 0 Å². The molecule has 0 radical (unpaired) electrons. The van der Waals surface area contributed by atoms with Gasteiger partial charge in [-0.3, -0.25) is 9.59 Å². The van der Waals surface area contributed by atoms with Gasteiger partial charge in [0.2, 0.25) is 11.8 Å². The summed E-state index contributed by atoms with van der Waals surface area (Å²) in [4.78, 5) is 29.4. The van der Waals surface area contributed by atoms with Crippen LogP contribution in [-0.2, 0) is 16.0 Å². The smallest absolute Gasteiger partial charge is 0.311 e. The van der Waals surface area contributed by atoms with Crippen molar-refractivity contribution in [3.05, 3.63) is 11.7 Å². The molecule has 1 saturated heterocycles. The van der Waals surface area contributed by atoms with Gasteiger partial charge in [0, 0.05) is 25.9 Å². The van der Waals surface area contributed by atoms with E-state index >= 15 is 0 Å². The molecule has 0 saturated carbocycles. The van der Waals surface area contributed by atoms with Crippen LogP contribution in [0.15, 0.2) is 4.52 Å². The van der Waals surface area contributed by atoms with Crippen LogP contribution in [0.25, 0.3) is 0 Å². The summed E-state index contributed by atoms with van der Waals surface area (Å²) in [7, 11) is 0. The van der Waals surface area contributed by atoms with Crippen LogP contribution in [0.5, 0.6) is 0 Å². The average molecular weight is 295 g/mol. The molecule has 0 aromatic carbocycles. The zero-order valence-electron chi connectivity index (χ0n) is 12.5. The summed E-state index contributed by atoms with van der Waals surface area (Å²) in [5.74, 6) is 0.129. The Morgan fingerprint density at radius 1 is 1.48 bits per heavy atom. The van der Waals surface area contributed by atoms with Crippen LogP contribution < -0.4 is 0 Å². The number of amides is 1. The number of aryl methyl sites for hydroxylation is 2. The highest BCUT2D eigenvalue weighted by Gasteiger charge is 2.41. The number of piperidine rings is 1. The van der Waals surface area contributed by atoms with E-state index in [1.807, 2.05) is 6.92 Å². The number of likely N-dealkylation sites (tertiary alicyclic amines) is 1. The molecular weight excluding hydrogens is 274 g/mol. The Bertz CT molecular complexity index is 528. The molecule has 21 heavy (non-hydrogen) atoms. The molecule has 1 aliphatic rings. The van der Waals surface area contributed by atoms with Crippen molar-refractivity contribution in [1.29, 1.82) is 0 Å². The van der Waals surface area contributed by atoms with E-state index in [4.69, 9.17) is 4.52 Å². The third kappa shape index (κ3) is 3.40. The zero-order valence-corrected chi connectivity index (χ0v) is 12.5. The summed E-state index contributed by atoms with van der Waals surface area (Å²) in [6.45, 7) is 4.50. The molecule has 2 rings (SSSR count). The van der Waals surface area contributed by atoms with E-state index in [0.717, 1.165) is 6.42 Å². The van der Waals surface area contributed by atoms with Gasteiger partial charge in [-0.2, -0.15) is 4.98 Å². The fourth-order valence-corrected chi connectivity index (χ4v) is 2.77. The number of carbonyl (C=O) groups is 2. The first kappa shape index (κ1) is 15.5. The number of nitrogens with zero attached hydrogens (tertiary/aromatic N) is 3. The van der Waals surface area contributed by atoms with Crippen molar-refractivity contribution < 1.29 is 19.2 Å². The molecule has 1 aromatic heterocycles. The van der Waals surface area contributed by atoms with Crippen LogP contribution in [0.3, 0.4) is 0 Å². The van der Waals surface area contributed by atoms with Crippen molar-refractivity contribution in [2.24, 2.45) is 5.41 Å². The van der Waals surface area contributed by atoms with E-state index < -0.39 is 11.4 Å². The van der Waals surface area contributed by atoms with Crippen molar-refractivity contribution in [1.82, 2.24) is 15.0 Å². The van der Waals surface area contributed by atoms with E-state index in [1.54, 1.807) is 11.8 Å². The number of aliphatic carboxylic acids is 1. The predicted octanol–water partition coefficient (Wildman–Crippen LogP) is 1.41. The number of hydrogen-bond donors (Lipinski definition) is 1. The first-order valence-electron chi connectivity index (χ1n) is 7.27. The largest absolute Gasteiger partial charge is 0.481 e. The lowest BCUT2D eigenvalue weighted by Gasteiger charge is -2.39. The fraction of sp³-hybridized carbons (Fsp3) is 0.714. The van der Waals surface area contributed by atoms with Gasteiger partial charge in [0.05, 0.1) is 5.41 Å². The maximum Gasteiger partial charge on any atom is 0.311 e. The Morgan fingerprint density at radius 3 is 2.81 bits per heavy atom. The van der Waals surface area contributed by atoms with E-state index in [-0.39, 0.29) is 12.3 Å². The molecule has 2 heterocycles. The number of carboxylic acid groups (broad SMARTS) is 1. The fourth-order valence-electron chi connectivity index (χ4n) is 2.77. The number of hydrogen-bond acceptors (Lipinski definition) is 5. The van der Waals surface area contributed by atoms with Gasteiger partial charge in [-0.15, -0.1) is 0 Å². The van der Waals surface area contributed by atoms with Crippen LogP contribution >= 0.6 is 0 Å². The summed E-state index contributed by atoms with van der Waals surface area (Å²) in [5.41, 5.74) is -0.797. The second-order valence-electron chi connectivity index (χ2n) is 5.59. The summed E-state index contributed by atoms with van der Waals surface area (Å²) in [5, 5.41) is 13.1. The number of aromatic nitrogens is 2. The normalized spacial score (nSPS) is 22.3. The Morgan fingerprint density at radius 2 is 2.24 bits per heavy atom. The molecule has 0 bridgehead atoms. The van der Waals surface area contributed by atoms with Gasteiger partial charge in [0.25, 0.3) is 0 Å². The Kier molecular flexibility index (Phi) is 4.59. The van der Waals surface area contributed by atoms with Gasteiger partial charge >= 0.3 is 5.97 Å². The standard InChI is InChI=1S/C14H21N3O4/c1-3-14(13(19)20)7-4-8-17(9-14)12(18)6-5-11-15-10(2)16-21-11/h3-9H2,1-2H3,(H,19,20). The second-order valence-corrected chi connectivity index (χ2v) is 5.59. The number of rotatable bonds is 5. The average Bonchev–Trinajstić information content (AvgIpc) is 2.90. The molecule has 0 spiro atoms. The minimum atomic E-state index is -0.810. The van der Waals surface area contributed by atoms with Crippen LogP contribution in [0, 0.1) is 12.3 Å².